The third-order valence-electron chi connectivity index (χ3n) is 4.61. The average Bonchev–Trinajstić information content (AvgIpc) is 2.57. The van der Waals surface area contributed by atoms with Gasteiger partial charge in [-0.2, -0.15) is 0 Å². The minimum absolute atomic E-state index is 0.102. The Hall–Kier alpha value is -2.62. The molecule has 2 aromatic rings. The van der Waals surface area contributed by atoms with E-state index in [2.05, 4.69) is 12.2 Å². The van der Waals surface area contributed by atoms with Crippen LogP contribution in [0.1, 0.15) is 46.8 Å². The molecule has 0 unspecified atom stereocenters. The van der Waals surface area contributed by atoms with E-state index in [1.54, 1.807) is 0 Å². The van der Waals surface area contributed by atoms with Crippen LogP contribution in [0, 0.1) is 13.8 Å². The maximum absolute atomic E-state index is 12.6. The van der Waals surface area contributed by atoms with Crippen molar-refractivity contribution in [2.24, 2.45) is 0 Å². The lowest BCUT2D eigenvalue weighted by atomic mass is 10.00. The van der Waals surface area contributed by atoms with Crippen molar-refractivity contribution >= 4 is 23.2 Å². The van der Waals surface area contributed by atoms with Crippen LogP contribution in [0.25, 0.3) is 0 Å². The number of carbonyl (C=O) groups is 2. The van der Waals surface area contributed by atoms with Crippen molar-refractivity contribution in [3.05, 3.63) is 58.7 Å². The molecule has 1 heterocycles. The highest BCUT2D eigenvalue weighted by Crippen LogP contribution is 2.30. The first kappa shape index (κ1) is 17.2. The zero-order valence-corrected chi connectivity index (χ0v) is 15.1. The number of carbonyl (C=O) groups excluding carboxylic acids is 2. The summed E-state index contributed by atoms with van der Waals surface area (Å²) in [5.74, 6) is 0.0798. The van der Waals surface area contributed by atoms with Gasteiger partial charge in [-0.25, -0.2) is 0 Å². The molecule has 2 amide bonds. The second-order valence-electron chi connectivity index (χ2n) is 6.66. The van der Waals surface area contributed by atoms with Crippen molar-refractivity contribution in [3.8, 4) is 0 Å². The van der Waals surface area contributed by atoms with Gasteiger partial charge >= 0.3 is 0 Å². The van der Waals surface area contributed by atoms with Crippen molar-refractivity contribution in [3.63, 3.8) is 0 Å². The fourth-order valence-corrected chi connectivity index (χ4v) is 3.37. The van der Waals surface area contributed by atoms with E-state index in [1.807, 2.05) is 55.1 Å². The standard InChI is InChI=1S/C21H24N2O2/c1-4-11-23-19-9-7-17(13-16(19)6-10-20(23)24)22-21(25)18-8-5-14(2)12-15(18)3/h5,7-9,12-13H,4,6,10-11H2,1-3H3,(H,22,25). The number of aryl methyl sites for hydroxylation is 3. The number of hydrogen-bond donors (Lipinski definition) is 1. The van der Waals surface area contributed by atoms with Gasteiger partial charge in [-0.1, -0.05) is 24.6 Å². The number of nitrogens with one attached hydrogen (secondary N) is 1. The maximum Gasteiger partial charge on any atom is 0.255 e. The summed E-state index contributed by atoms with van der Waals surface area (Å²) in [6.07, 6.45) is 2.18. The van der Waals surface area contributed by atoms with E-state index in [1.165, 1.54) is 0 Å². The lowest BCUT2D eigenvalue weighted by molar-refractivity contribution is -0.118. The van der Waals surface area contributed by atoms with Gasteiger partial charge < -0.3 is 10.2 Å². The topological polar surface area (TPSA) is 49.4 Å². The molecule has 0 aromatic heterocycles. The summed E-state index contributed by atoms with van der Waals surface area (Å²) in [7, 11) is 0. The molecule has 0 bridgehead atoms. The molecule has 0 radical (unpaired) electrons. The number of rotatable bonds is 4. The van der Waals surface area contributed by atoms with Gasteiger partial charge in [-0.05, 0) is 62.1 Å². The SMILES string of the molecule is CCCN1C(=O)CCc2cc(NC(=O)c3ccc(C)cc3C)ccc21. The molecule has 1 N–H and O–H groups in total. The summed E-state index contributed by atoms with van der Waals surface area (Å²) in [6, 6.07) is 11.6. The summed E-state index contributed by atoms with van der Waals surface area (Å²) in [4.78, 5) is 26.5. The third-order valence-corrected chi connectivity index (χ3v) is 4.61. The Bertz CT molecular complexity index is 827. The van der Waals surface area contributed by atoms with Gasteiger partial charge in [0.05, 0.1) is 0 Å². The van der Waals surface area contributed by atoms with E-state index in [9.17, 15) is 9.59 Å². The zero-order valence-electron chi connectivity index (χ0n) is 15.1. The molecule has 25 heavy (non-hydrogen) atoms. The predicted molar refractivity (Wildman–Crippen MR) is 101 cm³/mol. The van der Waals surface area contributed by atoms with Gasteiger partial charge in [-0.3, -0.25) is 9.59 Å². The first-order valence-electron chi connectivity index (χ1n) is 8.81. The normalized spacial score (nSPS) is 13.6. The van der Waals surface area contributed by atoms with Gasteiger partial charge in [0.15, 0.2) is 0 Å². The van der Waals surface area contributed by atoms with Crippen molar-refractivity contribution < 1.29 is 9.59 Å². The van der Waals surface area contributed by atoms with Crippen LogP contribution in [0.15, 0.2) is 36.4 Å². The molecule has 0 spiro atoms. The highest BCUT2D eigenvalue weighted by molar-refractivity contribution is 6.05. The van der Waals surface area contributed by atoms with Crippen LogP contribution in [0.2, 0.25) is 0 Å². The van der Waals surface area contributed by atoms with Gasteiger partial charge in [0.1, 0.15) is 0 Å². The minimum Gasteiger partial charge on any atom is -0.322 e. The van der Waals surface area contributed by atoms with Crippen molar-refractivity contribution in [2.45, 2.75) is 40.0 Å². The second kappa shape index (κ2) is 7.09. The molecule has 1 aliphatic rings. The summed E-state index contributed by atoms with van der Waals surface area (Å²) < 4.78 is 0. The Morgan fingerprint density at radius 2 is 1.92 bits per heavy atom. The fourth-order valence-electron chi connectivity index (χ4n) is 3.37. The highest BCUT2D eigenvalue weighted by Gasteiger charge is 2.23. The third kappa shape index (κ3) is 3.58. The molecule has 4 nitrogen and oxygen atoms in total. The van der Waals surface area contributed by atoms with Gasteiger partial charge in [0.2, 0.25) is 5.91 Å². The first-order chi connectivity index (χ1) is 12.0. The fraction of sp³-hybridized carbons (Fsp3) is 0.333. The van der Waals surface area contributed by atoms with Crippen LogP contribution >= 0.6 is 0 Å². The molecular weight excluding hydrogens is 312 g/mol. The van der Waals surface area contributed by atoms with Crippen LogP contribution in [-0.2, 0) is 11.2 Å². The second-order valence-corrected chi connectivity index (χ2v) is 6.66. The van der Waals surface area contributed by atoms with E-state index < -0.39 is 0 Å². The summed E-state index contributed by atoms with van der Waals surface area (Å²) >= 11 is 0. The average molecular weight is 336 g/mol. The number of benzene rings is 2. The van der Waals surface area contributed by atoms with Gasteiger partial charge in [0, 0.05) is 29.9 Å². The largest absolute Gasteiger partial charge is 0.322 e. The van der Waals surface area contributed by atoms with Crippen molar-refractivity contribution in [1.82, 2.24) is 0 Å². The molecule has 1 aliphatic heterocycles. The maximum atomic E-state index is 12.6. The molecule has 0 atom stereocenters. The lowest BCUT2D eigenvalue weighted by Crippen LogP contribution is -2.35. The van der Waals surface area contributed by atoms with Crippen LogP contribution in [0.4, 0.5) is 11.4 Å². The Morgan fingerprint density at radius 3 is 2.64 bits per heavy atom. The van der Waals surface area contributed by atoms with Crippen molar-refractivity contribution in [2.75, 3.05) is 16.8 Å². The van der Waals surface area contributed by atoms with Crippen LogP contribution in [0.5, 0.6) is 0 Å². The molecule has 3 rings (SSSR count). The van der Waals surface area contributed by atoms with Crippen LogP contribution in [-0.4, -0.2) is 18.4 Å². The summed E-state index contributed by atoms with van der Waals surface area (Å²) in [6.45, 7) is 6.77. The highest BCUT2D eigenvalue weighted by atomic mass is 16.2. The Morgan fingerprint density at radius 1 is 1.12 bits per heavy atom. The smallest absolute Gasteiger partial charge is 0.255 e. The molecule has 0 saturated heterocycles. The predicted octanol–water partition coefficient (Wildman–Crippen LogP) is 4.24. The minimum atomic E-state index is -0.102. The molecule has 130 valence electrons. The van der Waals surface area contributed by atoms with Crippen LogP contribution in [0.3, 0.4) is 0 Å². The number of anilines is 2. The summed E-state index contributed by atoms with van der Waals surface area (Å²) in [5.41, 5.74) is 5.66. The van der Waals surface area contributed by atoms with Crippen LogP contribution < -0.4 is 10.2 Å². The quantitative estimate of drug-likeness (QED) is 0.907. The molecule has 0 saturated carbocycles. The van der Waals surface area contributed by atoms with Gasteiger partial charge in [-0.15, -0.1) is 0 Å². The summed E-state index contributed by atoms with van der Waals surface area (Å²) in [5, 5.41) is 2.98. The van der Waals surface area contributed by atoms with Crippen molar-refractivity contribution in [1.29, 1.82) is 0 Å². The first-order valence-corrected chi connectivity index (χ1v) is 8.81. The Balaban J connectivity index is 1.83. The molecular formula is C21H24N2O2. The Labute approximate surface area is 148 Å². The number of nitrogens with zero attached hydrogens (tertiary/aromatic N) is 1. The lowest BCUT2D eigenvalue weighted by Gasteiger charge is -2.29. The monoisotopic (exact) mass is 336 g/mol. The molecule has 0 aliphatic carbocycles. The number of fused-ring (bicyclic) bond motifs is 1. The van der Waals surface area contributed by atoms with Gasteiger partial charge in [0.25, 0.3) is 5.91 Å². The van der Waals surface area contributed by atoms with E-state index >= 15 is 0 Å². The zero-order chi connectivity index (χ0) is 18.0. The number of hydrogen-bond acceptors (Lipinski definition) is 2. The van der Waals surface area contributed by atoms with E-state index in [-0.39, 0.29) is 11.8 Å². The Kier molecular flexibility index (Phi) is 4.88. The van der Waals surface area contributed by atoms with E-state index in [0.717, 1.165) is 47.5 Å². The molecule has 4 heteroatoms. The van der Waals surface area contributed by atoms with E-state index in [0.29, 0.717) is 12.0 Å². The number of amides is 2. The molecule has 0 fully saturated rings. The molecule has 2 aromatic carbocycles. The van der Waals surface area contributed by atoms with E-state index in [4.69, 9.17) is 0 Å².